The largest absolute Gasteiger partial charge is 1.00 e. The molecular formula is C3H10Br2O6S2. The summed E-state index contributed by atoms with van der Waals surface area (Å²) in [6.07, 6.45) is 0.604. The van der Waals surface area contributed by atoms with Gasteiger partial charge in [-0.3, -0.25) is 4.55 Å². The molecule has 0 bridgehead atoms. The smallest absolute Gasteiger partial charge is 0.748 e. The van der Waals surface area contributed by atoms with Crippen molar-refractivity contribution in [3.63, 3.8) is 0 Å². The zero-order valence-corrected chi connectivity index (χ0v) is 11.7. The van der Waals surface area contributed by atoms with Gasteiger partial charge in [-0.25, -0.2) is 8.42 Å². The zero-order chi connectivity index (χ0) is 9.71. The average molecular weight is 366 g/mol. The molecule has 10 heteroatoms. The molecule has 84 valence electrons. The van der Waals surface area contributed by atoms with E-state index in [0.29, 0.717) is 6.26 Å². The van der Waals surface area contributed by atoms with Crippen molar-refractivity contribution < 1.29 is 42.9 Å². The van der Waals surface area contributed by atoms with Gasteiger partial charge in [0, 0.05) is 6.26 Å². The molecule has 1 N–H and O–H groups in total. The molecule has 0 atom stereocenters. The number of hydrogen-bond donors (Lipinski definition) is 1. The molecule has 0 rings (SSSR count). The highest BCUT2D eigenvalue weighted by molar-refractivity contribution is 8.93. The molecule has 13 heavy (non-hydrogen) atoms. The van der Waals surface area contributed by atoms with Crippen molar-refractivity contribution in [3.05, 3.63) is 0 Å². The third-order valence-electron chi connectivity index (χ3n) is 0.365. The topological polar surface area (TPSA) is 112 Å². The average Bonchev–Trinajstić information content (AvgIpc) is 1.59. The first-order valence-electron chi connectivity index (χ1n) is 2.42. The van der Waals surface area contributed by atoms with Crippen molar-refractivity contribution in [1.82, 2.24) is 0 Å². The van der Waals surface area contributed by atoms with Gasteiger partial charge in [-0.2, -0.15) is 8.42 Å². The van der Waals surface area contributed by atoms with Crippen molar-refractivity contribution in [2.24, 2.45) is 0 Å². The summed E-state index contributed by atoms with van der Waals surface area (Å²) in [5.74, 6) is -0.201. The van der Waals surface area contributed by atoms with Crippen molar-refractivity contribution in [2.45, 2.75) is 6.92 Å². The van der Waals surface area contributed by atoms with Gasteiger partial charge in [0.25, 0.3) is 10.1 Å². The minimum Gasteiger partial charge on any atom is -0.748 e. The Morgan fingerprint density at radius 2 is 1.31 bits per heavy atom. The van der Waals surface area contributed by atoms with E-state index in [9.17, 15) is 8.42 Å². The predicted octanol–water partition coefficient (Wildman–Crippen LogP) is -0.367. The summed E-state index contributed by atoms with van der Waals surface area (Å²) < 4.78 is 54.1. The summed E-state index contributed by atoms with van der Waals surface area (Å²) in [4.78, 5) is 0. The lowest BCUT2D eigenvalue weighted by atomic mass is 11.0. The van der Waals surface area contributed by atoms with E-state index in [1.165, 1.54) is 6.92 Å². The maximum absolute atomic E-state index is 9.56. The Labute approximate surface area is 98.8 Å². The van der Waals surface area contributed by atoms with Crippen molar-refractivity contribution in [3.8, 4) is 0 Å². The third kappa shape index (κ3) is 104. The zero-order valence-electron chi connectivity index (χ0n) is 6.80. The Hall–Kier alpha value is 0.780. The van der Waals surface area contributed by atoms with Crippen molar-refractivity contribution in [1.29, 1.82) is 0 Å². The molecule has 0 heterocycles. The molecule has 0 aromatic rings. The summed E-state index contributed by atoms with van der Waals surface area (Å²) >= 11 is 0. The highest BCUT2D eigenvalue weighted by atomic mass is 79.9. The SMILES string of the molecule is Br.CCS(=O)(=O)O.CS(=O)(=O)[O-].[Br+]. The summed E-state index contributed by atoms with van der Waals surface area (Å²) in [6, 6.07) is 0. The van der Waals surface area contributed by atoms with Crippen LogP contribution in [0.15, 0.2) is 0 Å². The van der Waals surface area contributed by atoms with Crippen LogP contribution in [-0.2, 0) is 20.2 Å². The maximum atomic E-state index is 9.56. The molecule has 0 saturated heterocycles. The van der Waals surface area contributed by atoms with Crippen LogP contribution in [0.3, 0.4) is 0 Å². The first kappa shape index (κ1) is 23.5. The summed E-state index contributed by atoms with van der Waals surface area (Å²) in [5.41, 5.74) is 0. The fourth-order valence-corrected chi connectivity index (χ4v) is 0. The fraction of sp³-hybridized carbons (Fsp3) is 1.00. The Balaban J connectivity index is -0.0000000546. The van der Waals surface area contributed by atoms with Crippen molar-refractivity contribution in [2.75, 3.05) is 12.0 Å². The van der Waals surface area contributed by atoms with Gasteiger partial charge in [-0.15, -0.1) is 17.0 Å². The predicted molar refractivity (Wildman–Crippen MR) is 48.0 cm³/mol. The second-order valence-corrected chi connectivity index (χ2v) is 4.72. The monoisotopic (exact) mass is 364 g/mol. The Morgan fingerprint density at radius 3 is 1.31 bits per heavy atom. The van der Waals surface area contributed by atoms with Gasteiger partial charge in [-0.05, 0) is 6.92 Å². The van der Waals surface area contributed by atoms with Crippen LogP contribution in [0.5, 0.6) is 0 Å². The van der Waals surface area contributed by atoms with E-state index >= 15 is 0 Å². The molecule has 0 spiro atoms. The number of hydrogen-bond acceptors (Lipinski definition) is 5. The summed E-state index contributed by atoms with van der Waals surface area (Å²) in [6.45, 7) is 1.37. The quantitative estimate of drug-likeness (QED) is 0.634. The van der Waals surface area contributed by atoms with Crippen LogP contribution in [0, 0.1) is 17.0 Å². The molecule has 0 aromatic heterocycles. The van der Waals surface area contributed by atoms with Gasteiger partial charge >= 0.3 is 17.0 Å². The molecular weight excluding hydrogens is 356 g/mol. The van der Waals surface area contributed by atoms with Crippen LogP contribution in [-0.4, -0.2) is 37.9 Å². The third-order valence-corrected chi connectivity index (χ3v) is 1.09. The van der Waals surface area contributed by atoms with Crippen LogP contribution in [0.25, 0.3) is 0 Å². The number of halogens is 2. The Bertz CT molecular complexity index is 271. The first-order valence-corrected chi connectivity index (χ1v) is 5.85. The fourth-order valence-electron chi connectivity index (χ4n) is 0. The van der Waals surface area contributed by atoms with Gasteiger partial charge in [0.1, 0.15) is 0 Å². The van der Waals surface area contributed by atoms with E-state index in [4.69, 9.17) is 17.5 Å². The molecule has 0 aliphatic rings. The molecule has 0 aliphatic carbocycles. The van der Waals surface area contributed by atoms with E-state index in [-0.39, 0.29) is 39.7 Å². The minimum atomic E-state index is -3.92. The lowest BCUT2D eigenvalue weighted by Gasteiger charge is -1.90. The van der Waals surface area contributed by atoms with Gasteiger partial charge in [-0.1, -0.05) is 0 Å². The molecule has 0 saturated carbocycles. The van der Waals surface area contributed by atoms with Gasteiger partial charge in [0.05, 0.1) is 15.9 Å². The van der Waals surface area contributed by atoms with E-state index in [1.54, 1.807) is 0 Å². The van der Waals surface area contributed by atoms with Gasteiger partial charge in [0.2, 0.25) is 0 Å². The maximum Gasteiger partial charge on any atom is 1.00 e. The van der Waals surface area contributed by atoms with E-state index in [0.717, 1.165) is 0 Å². The van der Waals surface area contributed by atoms with E-state index in [2.05, 4.69) is 0 Å². The summed E-state index contributed by atoms with van der Waals surface area (Å²) in [7, 11) is -7.58. The molecule has 0 aliphatic heterocycles. The van der Waals surface area contributed by atoms with Crippen LogP contribution in [0.2, 0.25) is 0 Å². The van der Waals surface area contributed by atoms with Gasteiger partial charge in [0.15, 0.2) is 0 Å². The van der Waals surface area contributed by atoms with Gasteiger partial charge < -0.3 is 4.55 Å². The second-order valence-electron chi connectivity index (χ2n) is 1.57. The normalized spacial score (nSPS) is 9.85. The lowest BCUT2D eigenvalue weighted by molar-refractivity contribution is -0.0000111. The van der Waals surface area contributed by atoms with Crippen LogP contribution in [0.1, 0.15) is 6.92 Å². The standard InChI is InChI=1S/C2H6O3S.CH4O3S.BrH.Br/c1-2-6(3,4)5;1-5(2,3)4;;/h2H2,1H3,(H,3,4,5);1H3,(H,2,3,4);1H;/q;;;+1/p-1. The Morgan fingerprint density at radius 1 is 1.23 bits per heavy atom. The number of rotatable bonds is 1. The van der Waals surface area contributed by atoms with E-state index in [1.807, 2.05) is 0 Å². The lowest BCUT2D eigenvalue weighted by Crippen LogP contribution is -1.97. The van der Waals surface area contributed by atoms with Crippen LogP contribution < -0.4 is 0 Å². The van der Waals surface area contributed by atoms with Crippen LogP contribution in [0.4, 0.5) is 0 Å². The molecule has 2 radical (unpaired) electrons. The molecule has 6 nitrogen and oxygen atoms in total. The highest BCUT2D eigenvalue weighted by Gasteiger charge is 1.93. The van der Waals surface area contributed by atoms with E-state index < -0.39 is 20.2 Å². The molecule has 0 amide bonds. The summed E-state index contributed by atoms with van der Waals surface area (Å²) in [5, 5.41) is 0. The first-order chi connectivity index (χ1) is 4.56. The molecule has 0 fully saturated rings. The minimum absolute atomic E-state index is 0. The second kappa shape index (κ2) is 9.34. The van der Waals surface area contributed by atoms with Crippen LogP contribution >= 0.6 is 17.0 Å². The van der Waals surface area contributed by atoms with Crippen molar-refractivity contribution >= 4 is 37.2 Å². The highest BCUT2D eigenvalue weighted by Crippen LogP contribution is 1.74. The molecule has 0 unspecified atom stereocenters. The Kier molecular flexibility index (Phi) is 16.9. The molecule has 0 aromatic carbocycles.